The first-order chi connectivity index (χ1) is 10.2. The highest BCUT2D eigenvalue weighted by Crippen LogP contribution is 2.31. The third-order valence-corrected chi connectivity index (χ3v) is 4.10. The van der Waals surface area contributed by atoms with Gasteiger partial charge < -0.3 is 10.1 Å². The van der Waals surface area contributed by atoms with Gasteiger partial charge in [0, 0.05) is 17.7 Å². The Morgan fingerprint density at radius 2 is 2.14 bits per heavy atom. The topological polar surface area (TPSA) is 47.0 Å². The van der Waals surface area contributed by atoms with E-state index in [9.17, 15) is 0 Å². The number of hydrogen-bond acceptors (Lipinski definition) is 5. The fourth-order valence-electron chi connectivity index (χ4n) is 2.15. The van der Waals surface area contributed by atoms with Gasteiger partial charge >= 0.3 is 0 Å². The first-order valence-electron chi connectivity index (χ1n) is 6.44. The van der Waals surface area contributed by atoms with Crippen molar-refractivity contribution in [3.05, 3.63) is 46.1 Å². The highest BCUT2D eigenvalue weighted by molar-refractivity contribution is 7.18. The van der Waals surface area contributed by atoms with Gasteiger partial charge in [0.2, 0.25) is 5.28 Å². The van der Waals surface area contributed by atoms with E-state index < -0.39 is 0 Å². The van der Waals surface area contributed by atoms with Crippen molar-refractivity contribution in [3.63, 3.8) is 0 Å². The van der Waals surface area contributed by atoms with Crippen molar-refractivity contribution in [2.24, 2.45) is 0 Å². The quantitative estimate of drug-likeness (QED) is 0.717. The van der Waals surface area contributed by atoms with Gasteiger partial charge in [0.05, 0.1) is 12.0 Å². The fourth-order valence-corrected chi connectivity index (χ4v) is 3.25. The van der Waals surface area contributed by atoms with Crippen molar-refractivity contribution in [2.45, 2.75) is 13.5 Å². The molecule has 0 saturated heterocycles. The van der Waals surface area contributed by atoms with E-state index >= 15 is 0 Å². The van der Waals surface area contributed by atoms with Crippen LogP contribution in [0.1, 0.15) is 10.4 Å². The monoisotopic (exact) mass is 319 g/mol. The zero-order valence-electron chi connectivity index (χ0n) is 11.7. The molecule has 0 amide bonds. The molecule has 2 heterocycles. The number of rotatable bonds is 4. The molecule has 108 valence electrons. The third-order valence-electron chi connectivity index (χ3n) is 2.99. The Hall–Kier alpha value is -1.69. The number of aromatic nitrogens is 2. The van der Waals surface area contributed by atoms with Crippen LogP contribution in [0, 0.1) is 6.92 Å². The number of anilines is 2. The zero-order valence-corrected chi connectivity index (χ0v) is 13.3. The lowest BCUT2D eigenvalue weighted by Gasteiger charge is -2.08. The summed E-state index contributed by atoms with van der Waals surface area (Å²) < 4.78 is 5.15. The molecule has 2 aromatic heterocycles. The molecule has 6 heteroatoms. The van der Waals surface area contributed by atoms with Gasteiger partial charge in [-0.2, -0.15) is 4.98 Å². The smallest absolute Gasteiger partial charge is 0.225 e. The number of hydrogen-bond donors (Lipinski definition) is 1. The number of benzene rings is 1. The minimum Gasteiger partial charge on any atom is -0.380 e. The van der Waals surface area contributed by atoms with E-state index in [-0.39, 0.29) is 5.28 Å². The Labute approximate surface area is 131 Å². The molecule has 4 nitrogen and oxygen atoms in total. The van der Waals surface area contributed by atoms with Crippen LogP contribution in [0.3, 0.4) is 0 Å². The second-order valence-corrected chi connectivity index (χ2v) is 6.25. The van der Waals surface area contributed by atoms with E-state index in [0.717, 1.165) is 27.3 Å². The van der Waals surface area contributed by atoms with E-state index in [1.807, 2.05) is 31.2 Å². The second-order valence-electron chi connectivity index (χ2n) is 4.68. The number of methoxy groups -OCH3 is 1. The molecule has 1 N–H and O–H groups in total. The molecule has 3 aromatic rings. The number of nitrogens with zero attached hydrogens (tertiary/aromatic N) is 2. The standard InChI is InChI=1S/C15H14ClN3OS/c1-9-6-12-13(18-15(16)19-14(12)21-9)17-11-5-3-4-10(7-11)8-20-2/h3-7H,8H2,1-2H3,(H,17,18,19). The van der Waals surface area contributed by atoms with Crippen LogP contribution in [0.2, 0.25) is 5.28 Å². The lowest BCUT2D eigenvalue weighted by Crippen LogP contribution is -1.97. The number of ether oxygens (including phenoxy) is 1. The van der Waals surface area contributed by atoms with Crippen molar-refractivity contribution in [1.82, 2.24) is 9.97 Å². The molecule has 1 aromatic carbocycles. The first-order valence-corrected chi connectivity index (χ1v) is 7.64. The van der Waals surface area contributed by atoms with Crippen LogP contribution >= 0.6 is 22.9 Å². The number of nitrogens with one attached hydrogen (secondary N) is 1. The van der Waals surface area contributed by atoms with Crippen LogP contribution in [-0.4, -0.2) is 17.1 Å². The Kier molecular flexibility index (Phi) is 4.05. The van der Waals surface area contributed by atoms with Crippen LogP contribution in [0.25, 0.3) is 10.2 Å². The number of halogens is 1. The van der Waals surface area contributed by atoms with E-state index in [4.69, 9.17) is 16.3 Å². The van der Waals surface area contributed by atoms with Gasteiger partial charge in [0.1, 0.15) is 10.6 Å². The van der Waals surface area contributed by atoms with Crippen molar-refractivity contribution < 1.29 is 4.74 Å². The van der Waals surface area contributed by atoms with Gasteiger partial charge in [-0.25, -0.2) is 4.98 Å². The molecule has 0 aliphatic heterocycles. The highest BCUT2D eigenvalue weighted by atomic mass is 35.5. The largest absolute Gasteiger partial charge is 0.380 e. The molecule has 3 rings (SSSR count). The molecule has 0 radical (unpaired) electrons. The Balaban J connectivity index is 1.99. The van der Waals surface area contributed by atoms with E-state index in [0.29, 0.717) is 6.61 Å². The van der Waals surface area contributed by atoms with Crippen molar-refractivity contribution in [2.75, 3.05) is 12.4 Å². The SMILES string of the molecule is COCc1cccc(Nc2nc(Cl)nc3sc(C)cc23)c1. The molecule has 21 heavy (non-hydrogen) atoms. The lowest BCUT2D eigenvalue weighted by atomic mass is 10.2. The number of thiophene rings is 1. The summed E-state index contributed by atoms with van der Waals surface area (Å²) in [5, 5.41) is 4.55. The maximum Gasteiger partial charge on any atom is 0.225 e. The van der Waals surface area contributed by atoms with Crippen molar-refractivity contribution in [3.8, 4) is 0 Å². The van der Waals surface area contributed by atoms with Crippen LogP contribution in [0.4, 0.5) is 11.5 Å². The van der Waals surface area contributed by atoms with Gasteiger partial charge in [0.25, 0.3) is 0 Å². The molecule has 0 aliphatic rings. The average molecular weight is 320 g/mol. The summed E-state index contributed by atoms with van der Waals surface area (Å²) >= 11 is 7.61. The van der Waals surface area contributed by atoms with Crippen molar-refractivity contribution in [1.29, 1.82) is 0 Å². The van der Waals surface area contributed by atoms with Gasteiger partial charge in [0.15, 0.2) is 0 Å². The lowest BCUT2D eigenvalue weighted by molar-refractivity contribution is 0.185. The normalized spacial score (nSPS) is 11.0. The molecular formula is C15H14ClN3OS. The van der Waals surface area contributed by atoms with Crippen LogP contribution < -0.4 is 5.32 Å². The molecule has 0 atom stereocenters. The summed E-state index contributed by atoms with van der Waals surface area (Å²) in [6.07, 6.45) is 0. The summed E-state index contributed by atoms with van der Waals surface area (Å²) in [5.41, 5.74) is 2.05. The second kappa shape index (κ2) is 5.97. The Morgan fingerprint density at radius 1 is 1.29 bits per heavy atom. The molecule has 0 aliphatic carbocycles. The summed E-state index contributed by atoms with van der Waals surface area (Å²) in [6, 6.07) is 10.1. The maximum atomic E-state index is 6.00. The Morgan fingerprint density at radius 3 is 2.95 bits per heavy atom. The minimum atomic E-state index is 0.250. The molecule has 0 unspecified atom stereocenters. The molecule has 0 saturated carbocycles. The van der Waals surface area contributed by atoms with E-state index in [1.165, 1.54) is 4.88 Å². The van der Waals surface area contributed by atoms with Gasteiger partial charge in [-0.05, 0) is 42.3 Å². The Bertz CT molecular complexity index is 788. The summed E-state index contributed by atoms with van der Waals surface area (Å²) in [4.78, 5) is 10.6. The number of fused-ring (bicyclic) bond motifs is 1. The van der Waals surface area contributed by atoms with Crippen LogP contribution in [0.15, 0.2) is 30.3 Å². The predicted molar refractivity (Wildman–Crippen MR) is 87.6 cm³/mol. The van der Waals surface area contributed by atoms with E-state index in [1.54, 1.807) is 18.4 Å². The van der Waals surface area contributed by atoms with Gasteiger partial charge in [-0.1, -0.05) is 12.1 Å². The van der Waals surface area contributed by atoms with Crippen molar-refractivity contribution >= 4 is 44.7 Å². The van der Waals surface area contributed by atoms with Crippen LogP contribution in [0.5, 0.6) is 0 Å². The summed E-state index contributed by atoms with van der Waals surface area (Å²) in [7, 11) is 1.68. The summed E-state index contributed by atoms with van der Waals surface area (Å²) in [6.45, 7) is 2.62. The predicted octanol–water partition coefficient (Wildman–Crippen LogP) is 4.54. The minimum absolute atomic E-state index is 0.250. The molecule has 0 spiro atoms. The fraction of sp³-hybridized carbons (Fsp3) is 0.200. The summed E-state index contributed by atoms with van der Waals surface area (Å²) in [5.74, 6) is 0.726. The van der Waals surface area contributed by atoms with E-state index in [2.05, 4.69) is 21.4 Å². The van der Waals surface area contributed by atoms with Crippen LogP contribution in [-0.2, 0) is 11.3 Å². The molecule has 0 fully saturated rings. The first kappa shape index (κ1) is 14.3. The third kappa shape index (κ3) is 3.15. The average Bonchev–Trinajstić information content (AvgIpc) is 2.80. The van der Waals surface area contributed by atoms with Gasteiger partial charge in [-0.3, -0.25) is 0 Å². The molecule has 0 bridgehead atoms. The highest BCUT2D eigenvalue weighted by Gasteiger charge is 2.10. The zero-order chi connectivity index (χ0) is 14.8. The number of aryl methyl sites for hydroxylation is 1. The maximum absolute atomic E-state index is 6.00. The molecular weight excluding hydrogens is 306 g/mol. The van der Waals surface area contributed by atoms with Gasteiger partial charge in [-0.15, -0.1) is 11.3 Å².